The second-order valence-corrected chi connectivity index (χ2v) is 2.94. The van der Waals surface area contributed by atoms with Crippen LogP contribution in [-0.4, -0.2) is 45.6 Å². The van der Waals surface area contributed by atoms with E-state index in [0.717, 1.165) is 0 Å². The van der Waals surface area contributed by atoms with Gasteiger partial charge in [-0.1, -0.05) is 0 Å². The number of carbonyl (C=O) groups excluding carboxylic acids is 1. The number of aromatic nitrogens is 2. The molecule has 0 radical (unpaired) electrons. The zero-order chi connectivity index (χ0) is 11.3. The number of amides is 1. The summed E-state index contributed by atoms with van der Waals surface area (Å²) in [6.07, 6.45) is 2.73. The van der Waals surface area contributed by atoms with Crippen LogP contribution in [0.5, 0.6) is 0 Å². The molecular weight excluding hydrogens is 196 g/mol. The molecule has 0 aliphatic carbocycles. The quantitative estimate of drug-likeness (QED) is 0.699. The third kappa shape index (κ3) is 2.88. The Bertz CT molecular complexity index is 343. The third-order valence-electron chi connectivity index (χ3n) is 1.91. The van der Waals surface area contributed by atoms with Crippen LogP contribution in [0.1, 0.15) is 17.4 Å². The Kier molecular flexibility index (Phi) is 3.99. The Labute approximate surface area is 87.8 Å². The Morgan fingerprint density at radius 2 is 2.33 bits per heavy atom. The Morgan fingerprint density at radius 3 is 2.87 bits per heavy atom. The lowest BCUT2D eigenvalue weighted by Gasteiger charge is -2.18. The van der Waals surface area contributed by atoms with Crippen LogP contribution < -0.4 is 5.73 Å². The van der Waals surface area contributed by atoms with Gasteiger partial charge in [0.05, 0.1) is 19.0 Å². The summed E-state index contributed by atoms with van der Waals surface area (Å²) in [5.41, 5.74) is 5.62. The first-order valence-corrected chi connectivity index (χ1v) is 4.66. The minimum absolute atomic E-state index is 0.0741. The van der Waals surface area contributed by atoms with Gasteiger partial charge in [0.1, 0.15) is 11.5 Å². The maximum absolute atomic E-state index is 11.8. The van der Waals surface area contributed by atoms with Crippen molar-refractivity contribution < 1.29 is 9.90 Å². The van der Waals surface area contributed by atoms with Crippen molar-refractivity contribution in [3.63, 3.8) is 0 Å². The highest BCUT2D eigenvalue weighted by atomic mass is 16.3. The number of aliphatic hydroxyl groups is 1. The molecule has 82 valence electrons. The van der Waals surface area contributed by atoms with Gasteiger partial charge >= 0.3 is 0 Å². The second kappa shape index (κ2) is 5.26. The summed E-state index contributed by atoms with van der Waals surface area (Å²) in [4.78, 5) is 20.9. The number of nitrogen functional groups attached to an aromatic ring is 1. The molecule has 0 aliphatic rings. The summed E-state index contributed by atoms with van der Waals surface area (Å²) >= 11 is 0. The van der Waals surface area contributed by atoms with Crippen LogP contribution in [0.4, 0.5) is 5.82 Å². The number of anilines is 1. The van der Waals surface area contributed by atoms with Crippen molar-refractivity contribution in [1.82, 2.24) is 14.9 Å². The summed E-state index contributed by atoms with van der Waals surface area (Å²) in [6.45, 7) is 2.55. The van der Waals surface area contributed by atoms with E-state index in [1.807, 2.05) is 6.92 Å². The van der Waals surface area contributed by atoms with E-state index in [1.165, 1.54) is 17.3 Å². The van der Waals surface area contributed by atoms with E-state index in [4.69, 9.17) is 10.8 Å². The Balaban J connectivity index is 2.82. The van der Waals surface area contributed by atoms with Crippen molar-refractivity contribution in [2.45, 2.75) is 6.92 Å². The van der Waals surface area contributed by atoms with Gasteiger partial charge in [0.25, 0.3) is 5.91 Å². The molecule has 1 heterocycles. The largest absolute Gasteiger partial charge is 0.395 e. The van der Waals surface area contributed by atoms with Gasteiger partial charge in [-0.05, 0) is 6.92 Å². The van der Waals surface area contributed by atoms with E-state index in [2.05, 4.69) is 9.97 Å². The maximum atomic E-state index is 11.8. The molecule has 0 aromatic carbocycles. The molecule has 1 amide bonds. The molecule has 0 atom stereocenters. The highest BCUT2D eigenvalue weighted by Gasteiger charge is 2.15. The molecule has 0 bridgehead atoms. The molecule has 0 aliphatic heterocycles. The number of hydrogen-bond donors (Lipinski definition) is 2. The number of aliphatic hydroxyl groups excluding tert-OH is 1. The van der Waals surface area contributed by atoms with Crippen LogP contribution in [0.3, 0.4) is 0 Å². The number of nitrogens with two attached hydrogens (primary N) is 1. The first kappa shape index (κ1) is 11.4. The summed E-state index contributed by atoms with van der Waals surface area (Å²) in [7, 11) is 0. The van der Waals surface area contributed by atoms with Crippen LogP contribution in [0.15, 0.2) is 12.4 Å². The maximum Gasteiger partial charge on any atom is 0.274 e. The fourth-order valence-electron chi connectivity index (χ4n) is 1.17. The molecule has 0 spiro atoms. The number of nitrogens with zero attached hydrogens (tertiary/aromatic N) is 3. The van der Waals surface area contributed by atoms with Gasteiger partial charge < -0.3 is 15.7 Å². The van der Waals surface area contributed by atoms with Crippen LogP contribution in [0.2, 0.25) is 0 Å². The molecule has 6 heteroatoms. The number of hydrogen-bond acceptors (Lipinski definition) is 5. The minimum atomic E-state index is -0.272. The molecule has 6 nitrogen and oxygen atoms in total. The first-order valence-electron chi connectivity index (χ1n) is 4.66. The van der Waals surface area contributed by atoms with Crippen LogP contribution in [0, 0.1) is 0 Å². The van der Waals surface area contributed by atoms with Gasteiger partial charge in [-0.25, -0.2) is 4.98 Å². The number of rotatable bonds is 4. The van der Waals surface area contributed by atoms with Crippen molar-refractivity contribution in [3.8, 4) is 0 Å². The molecule has 0 saturated heterocycles. The standard InChI is InChI=1S/C9H14N4O2/c1-2-13(3-4-14)9(15)7-5-11-6-8(10)12-7/h5-6,14H,2-4H2,1H3,(H2,10,12). The van der Waals surface area contributed by atoms with Gasteiger partial charge in [-0.2, -0.15) is 0 Å². The highest BCUT2D eigenvalue weighted by molar-refractivity contribution is 5.92. The van der Waals surface area contributed by atoms with E-state index < -0.39 is 0 Å². The smallest absolute Gasteiger partial charge is 0.274 e. The zero-order valence-electron chi connectivity index (χ0n) is 8.55. The van der Waals surface area contributed by atoms with Gasteiger partial charge in [0.2, 0.25) is 0 Å². The number of carbonyl (C=O) groups is 1. The molecule has 0 saturated carbocycles. The SMILES string of the molecule is CCN(CCO)C(=O)c1cncc(N)n1. The molecule has 3 N–H and O–H groups in total. The molecular formula is C9H14N4O2. The van der Waals surface area contributed by atoms with E-state index in [-0.39, 0.29) is 30.6 Å². The fraction of sp³-hybridized carbons (Fsp3) is 0.444. The fourth-order valence-corrected chi connectivity index (χ4v) is 1.17. The van der Waals surface area contributed by atoms with E-state index in [1.54, 1.807) is 0 Å². The van der Waals surface area contributed by atoms with E-state index >= 15 is 0 Å². The minimum Gasteiger partial charge on any atom is -0.395 e. The van der Waals surface area contributed by atoms with Gasteiger partial charge in [0.15, 0.2) is 0 Å². The van der Waals surface area contributed by atoms with Crippen molar-refractivity contribution in [2.75, 3.05) is 25.4 Å². The summed E-state index contributed by atoms with van der Waals surface area (Å²) in [5, 5.41) is 8.76. The molecule has 1 aromatic heterocycles. The lowest BCUT2D eigenvalue weighted by atomic mass is 10.3. The third-order valence-corrected chi connectivity index (χ3v) is 1.91. The average molecular weight is 210 g/mol. The molecule has 1 aromatic rings. The van der Waals surface area contributed by atoms with Crippen LogP contribution in [0.25, 0.3) is 0 Å². The Morgan fingerprint density at radius 1 is 1.60 bits per heavy atom. The average Bonchev–Trinajstić information content (AvgIpc) is 2.25. The predicted molar refractivity (Wildman–Crippen MR) is 55.1 cm³/mol. The molecule has 1 rings (SSSR count). The van der Waals surface area contributed by atoms with Crippen LogP contribution >= 0.6 is 0 Å². The monoisotopic (exact) mass is 210 g/mol. The first-order chi connectivity index (χ1) is 7.19. The zero-order valence-corrected chi connectivity index (χ0v) is 8.55. The Hall–Kier alpha value is -1.69. The van der Waals surface area contributed by atoms with Crippen molar-refractivity contribution in [1.29, 1.82) is 0 Å². The molecule has 0 unspecified atom stereocenters. The van der Waals surface area contributed by atoms with Gasteiger partial charge in [0, 0.05) is 13.1 Å². The van der Waals surface area contributed by atoms with Gasteiger partial charge in [-0.3, -0.25) is 9.78 Å². The van der Waals surface area contributed by atoms with Gasteiger partial charge in [-0.15, -0.1) is 0 Å². The number of likely N-dealkylation sites (N-methyl/N-ethyl adjacent to an activating group) is 1. The van der Waals surface area contributed by atoms with Crippen molar-refractivity contribution >= 4 is 11.7 Å². The highest BCUT2D eigenvalue weighted by Crippen LogP contribution is 2.02. The lowest BCUT2D eigenvalue weighted by Crippen LogP contribution is -2.34. The summed E-state index contributed by atoms with van der Waals surface area (Å²) in [5.74, 6) is -0.0627. The topological polar surface area (TPSA) is 92.3 Å². The van der Waals surface area contributed by atoms with Crippen molar-refractivity contribution in [2.24, 2.45) is 0 Å². The van der Waals surface area contributed by atoms with Crippen molar-refractivity contribution in [3.05, 3.63) is 18.1 Å². The lowest BCUT2D eigenvalue weighted by molar-refractivity contribution is 0.0726. The normalized spacial score (nSPS) is 10.0. The van der Waals surface area contributed by atoms with Crippen LogP contribution in [-0.2, 0) is 0 Å². The summed E-state index contributed by atoms with van der Waals surface area (Å²) < 4.78 is 0. The van der Waals surface area contributed by atoms with E-state index in [0.29, 0.717) is 6.54 Å². The summed E-state index contributed by atoms with van der Waals surface area (Å²) in [6, 6.07) is 0. The predicted octanol–water partition coefficient (Wildman–Crippen LogP) is -0.487. The molecule has 0 fully saturated rings. The molecule has 15 heavy (non-hydrogen) atoms. The second-order valence-electron chi connectivity index (χ2n) is 2.94. The van der Waals surface area contributed by atoms with E-state index in [9.17, 15) is 4.79 Å².